The minimum absolute atomic E-state index is 0.00324. The van der Waals surface area contributed by atoms with E-state index in [1.165, 1.54) is 47.4 Å². The normalized spacial score (nSPS) is 14.1. The summed E-state index contributed by atoms with van der Waals surface area (Å²) in [6, 6.07) is 9.03. The molecule has 3 nitrogen and oxygen atoms in total. The van der Waals surface area contributed by atoms with E-state index in [0.29, 0.717) is 5.69 Å². The molecule has 0 unspecified atom stereocenters. The Morgan fingerprint density at radius 1 is 1.12 bits per heavy atom. The Bertz CT molecular complexity index is 762. The second-order valence-electron chi connectivity index (χ2n) is 4.99. The average molecular weight is 357 g/mol. The molecule has 2 aromatic carbocycles. The molecule has 1 amide bonds. The zero-order chi connectivity index (χ0) is 17.3. The zero-order valence-electron chi connectivity index (χ0n) is 12.1. The van der Waals surface area contributed by atoms with E-state index in [9.17, 15) is 22.4 Å². The van der Waals surface area contributed by atoms with Crippen molar-refractivity contribution < 1.29 is 27.1 Å². The fraction of sp³-hybridized carbons (Fsp3) is 0.188. The van der Waals surface area contributed by atoms with Gasteiger partial charge in [0.05, 0.1) is 12.2 Å². The van der Waals surface area contributed by atoms with Gasteiger partial charge in [0.15, 0.2) is 0 Å². The van der Waals surface area contributed by atoms with E-state index >= 15 is 0 Å². The lowest BCUT2D eigenvalue weighted by atomic mass is 10.1. The van der Waals surface area contributed by atoms with Crippen LogP contribution in [0.5, 0.6) is 5.75 Å². The zero-order valence-corrected chi connectivity index (χ0v) is 13.0. The number of alkyl halides is 3. The van der Waals surface area contributed by atoms with Crippen LogP contribution in [0.4, 0.5) is 23.2 Å². The monoisotopic (exact) mass is 357 g/mol. The van der Waals surface area contributed by atoms with Crippen LogP contribution in [0, 0.1) is 5.82 Å². The molecule has 1 heterocycles. The largest absolute Gasteiger partial charge is 0.489 e. The lowest BCUT2D eigenvalue weighted by Gasteiger charge is -2.29. The molecule has 2 aromatic rings. The number of ether oxygens (including phenoxy) is 1. The Balaban J connectivity index is 1.83. The van der Waals surface area contributed by atoms with Gasteiger partial charge >= 0.3 is 5.51 Å². The van der Waals surface area contributed by atoms with Crippen molar-refractivity contribution in [3.8, 4) is 5.75 Å². The number of hydrogen-bond donors (Lipinski definition) is 0. The average Bonchev–Trinajstić information content (AvgIpc) is 2.52. The van der Waals surface area contributed by atoms with E-state index in [0.717, 1.165) is 0 Å². The standard InChI is InChI=1S/C16H11F4NO2S/c17-11-3-6-13-14(9-11)23-8-7-21(13)15(22)10-1-4-12(5-2-10)24-16(18,19)20/h1-6,9H,7-8H2. The predicted molar refractivity (Wildman–Crippen MR) is 81.9 cm³/mol. The number of thioether (sulfide) groups is 1. The first-order valence-corrected chi connectivity index (χ1v) is 7.75. The number of benzene rings is 2. The van der Waals surface area contributed by atoms with Gasteiger partial charge in [-0.2, -0.15) is 13.2 Å². The number of anilines is 1. The third-order valence-electron chi connectivity index (χ3n) is 3.37. The number of rotatable bonds is 2. The first-order valence-electron chi connectivity index (χ1n) is 6.93. The molecular weight excluding hydrogens is 346 g/mol. The van der Waals surface area contributed by atoms with E-state index in [4.69, 9.17) is 4.74 Å². The molecule has 0 spiro atoms. The highest BCUT2D eigenvalue weighted by Gasteiger charge is 2.29. The number of hydrogen-bond acceptors (Lipinski definition) is 3. The van der Waals surface area contributed by atoms with Crippen molar-refractivity contribution in [1.82, 2.24) is 0 Å². The van der Waals surface area contributed by atoms with E-state index in [2.05, 4.69) is 0 Å². The van der Waals surface area contributed by atoms with Crippen LogP contribution in [-0.2, 0) is 0 Å². The van der Waals surface area contributed by atoms with E-state index in [1.54, 1.807) is 0 Å². The molecule has 0 saturated carbocycles. The Kier molecular flexibility index (Phi) is 4.40. The predicted octanol–water partition coefficient (Wildman–Crippen LogP) is 4.48. The quantitative estimate of drug-likeness (QED) is 0.586. The number of amides is 1. The van der Waals surface area contributed by atoms with Crippen molar-refractivity contribution in [2.75, 3.05) is 18.1 Å². The molecule has 0 bridgehead atoms. The maximum atomic E-state index is 13.2. The molecule has 24 heavy (non-hydrogen) atoms. The lowest BCUT2D eigenvalue weighted by molar-refractivity contribution is -0.0328. The van der Waals surface area contributed by atoms with Crippen molar-refractivity contribution in [2.45, 2.75) is 10.4 Å². The number of halogens is 4. The van der Waals surface area contributed by atoms with Gasteiger partial charge in [-0.1, -0.05) is 0 Å². The molecule has 0 atom stereocenters. The summed E-state index contributed by atoms with van der Waals surface area (Å²) in [5.41, 5.74) is -3.70. The Morgan fingerprint density at radius 3 is 2.50 bits per heavy atom. The molecule has 1 aliphatic rings. The van der Waals surface area contributed by atoms with Crippen LogP contribution < -0.4 is 9.64 Å². The Hall–Kier alpha value is -2.22. The number of carbonyl (C=O) groups excluding carboxylic acids is 1. The van der Waals surface area contributed by atoms with Crippen molar-refractivity contribution >= 4 is 23.4 Å². The highest BCUT2D eigenvalue weighted by Crippen LogP contribution is 2.37. The lowest BCUT2D eigenvalue weighted by Crippen LogP contribution is -2.38. The van der Waals surface area contributed by atoms with Crippen molar-refractivity contribution in [3.63, 3.8) is 0 Å². The van der Waals surface area contributed by atoms with E-state index in [-0.39, 0.29) is 47.0 Å². The first-order chi connectivity index (χ1) is 11.3. The maximum Gasteiger partial charge on any atom is 0.446 e. The molecule has 0 fully saturated rings. The Labute approximate surface area is 139 Å². The number of fused-ring (bicyclic) bond motifs is 1. The molecule has 0 aliphatic carbocycles. The van der Waals surface area contributed by atoms with Crippen LogP contribution in [0.3, 0.4) is 0 Å². The number of carbonyl (C=O) groups is 1. The van der Waals surface area contributed by atoms with E-state index < -0.39 is 11.3 Å². The SMILES string of the molecule is O=C(c1ccc(SC(F)(F)F)cc1)N1CCOc2cc(F)ccc21. The van der Waals surface area contributed by atoms with Crippen LogP contribution >= 0.6 is 11.8 Å². The van der Waals surface area contributed by atoms with Crippen molar-refractivity contribution in [2.24, 2.45) is 0 Å². The van der Waals surface area contributed by atoms with Gasteiger partial charge in [-0.05, 0) is 48.2 Å². The highest BCUT2D eigenvalue weighted by atomic mass is 32.2. The summed E-state index contributed by atoms with van der Waals surface area (Å²) in [4.78, 5) is 14.0. The fourth-order valence-corrected chi connectivity index (χ4v) is 2.90. The van der Waals surface area contributed by atoms with Gasteiger partial charge < -0.3 is 9.64 Å². The molecule has 0 aromatic heterocycles. The minimum atomic E-state index is -4.38. The van der Waals surface area contributed by atoms with Crippen LogP contribution in [-0.4, -0.2) is 24.6 Å². The molecule has 0 N–H and O–H groups in total. The molecule has 126 valence electrons. The summed E-state index contributed by atoms with van der Waals surface area (Å²) < 4.78 is 55.6. The molecular formula is C16H11F4NO2S. The van der Waals surface area contributed by atoms with Gasteiger partial charge in [0.25, 0.3) is 5.91 Å². The van der Waals surface area contributed by atoms with Crippen LogP contribution in [0.15, 0.2) is 47.4 Å². The highest BCUT2D eigenvalue weighted by molar-refractivity contribution is 8.00. The van der Waals surface area contributed by atoms with Gasteiger partial charge in [-0.3, -0.25) is 4.79 Å². The van der Waals surface area contributed by atoms with Gasteiger partial charge in [-0.25, -0.2) is 4.39 Å². The van der Waals surface area contributed by atoms with E-state index in [1.807, 2.05) is 0 Å². The minimum Gasteiger partial charge on any atom is -0.489 e. The summed E-state index contributed by atoms with van der Waals surface area (Å²) in [7, 11) is 0. The number of nitrogens with zero attached hydrogens (tertiary/aromatic N) is 1. The summed E-state index contributed by atoms with van der Waals surface area (Å²) in [5, 5.41) is 0. The van der Waals surface area contributed by atoms with Crippen LogP contribution in [0.1, 0.15) is 10.4 Å². The van der Waals surface area contributed by atoms with Crippen LogP contribution in [0.25, 0.3) is 0 Å². The second kappa shape index (κ2) is 6.35. The van der Waals surface area contributed by atoms with Crippen LogP contribution in [0.2, 0.25) is 0 Å². The summed E-state index contributed by atoms with van der Waals surface area (Å²) >= 11 is -0.240. The topological polar surface area (TPSA) is 29.5 Å². The molecule has 0 radical (unpaired) electrons. The van der Waals surface area contributed by atoms with Crippen molar-refractivity contribution in [3.05, 3.63) is 53.8 Å². The van der Waals surface area contributed by atoms with Gasteiger partial charge in [-0.15, -0.1) is 0 Å². The third-order valence-corrected chi connectivity index (χ3v) is 4.10. The molecule has 3 rings (SSSR count). The molecule has 1 aliphatic heterocycles. The summed E-state index contributed by atoms with van der Waals surface area (Å²) in [5.74, 6) is -0.592. The fourth-order valence-electron chi connectivity index (χ4n) is 2.36. The van der Waals surface area contributed by atoms with Crippen molar-refractivity contribution in [1.29, 1.82) is 0 Å². The van der Waals surface area contributed by atoms with Gasteiger partial charge in [0.1, 0.15) is 18.2 Å². The van der Waals surface area contributed by atoms with Gasteiger partial charge in [0, 0.05) is 16.5 Å². The summed E-state index contributed by atoms with van der Waals surface area (Å²) in [6.07, 6.45) is 0. The maximum absolute atomic E-state index is 13.2. The second-order valence-corrected chi connectivity index (χ2v) is 6.13. The Morgan fingerprint density at radius 2 is 1.83 bits per heavy atom. The van der Waals surface area contributed by atoms with Gasteiger partial charge in [0.2, 0.25) is 0 Å². The molecule has 0 saturated heterocycles. The third kappa shape index (κ3) is 3.64. The summed E-state index contributed by atoms with van der Waals surface area (Å²) in [6.45, 7) is 0.487. The smallest absolute Gasteiger partial charge is 0.446 e. The first kappa shape index (κ1) is 16.6. The molecule has 8 heteroatoms.